The average molecular weight is 494 g/mol. The Kier molecular flexibility index (Phi) is 7.60. The number of halogens is 1. The zero-order chi connectivity index (χ0) is 23.3. The molecule has 2 amide bonds. The van der Waals surface area contributed by atoms with Crippen molar-refractivity contribution in [2.24, 2.45) is 4.40 Å². The lowest BCUT2D eigenvalue weighted by Gasteiger charge is -2.13. The Hall–Kier alpha value is -2.82. The summed E-state index contributed by atoms with van der Waals surface area (Å²) in [5.74, 6) is -0.238. The zero-order valence-corrected chi connectivity index (χ0v) is 19.4. The van der Waals surface area contributed by atoms with Crippen LogP contribution in [0.5, 0.6) is 5.75 Å². The second-order valence-electron chi connectivity index (χ2n) is 6.63. The van der Waals surface area contributed by atoms with Gasteiger partial charge in [0.2, 0.25) is 11.8 Å². The SMILES string of the molecule is C=CCN1C(=O)[C@@H](CC(=O)Nc2cccc(OC)c2)SC1=NS(=O)(=O)c1ccc(Cl)cc1. The van der Waals surface area contributed by atoms with Crippen LogP contribution in [0.25, 0.3) is 0 Å². The lowest BCUT2D eigenvalue weighted by atomic mass is 10.2. The van der Waals surface area contributed by atoms with Gasteiger partial charge >= 0.3 is 0 Å². The zero-order valence-electron chi connectivity index (χ0n) is 17.0. The maximum atomic E-state index is 12.8. The topological polar surface area (TPSA) is 105 Å². The van der Waals surface area contributed by atoms with Crippen molar-refractivity contribution >= 4 is 56.1 Å². The number of carbonyl (C=O) groups excluding carboxylic acids is 2. The van der Waals surface area contributed by atoms with Gasteiger partial charge in [0.25, 0.3) is 10.0 Å². The molecule has 0 spiro atoms. The van der Waals surface area contributed by atoms with E-state index in [1.54, 1.807) is 24.3 Å². The van der Waals surface area contributed by atoms with Crippen LogP contribution >= 0.6 is 23.4 Å². The fraction of sp³-hybridized carbons (Fsp3) is 0.190. The third-order valence-electron chi connectivity index (χ3n) is 4.37. The van der Waals surface area contributed by atoms with Crippen LogP contribution in [0.1, 0.15) is 6.42 Å². The van der Waals surface area contributed by atoms with E-state index in [1.165, 1.54) is 42.4 Å². The smallest absolute Gasteiger partial charge is 0.284 e. The summed E-state index contributed by atoms with van der Waals surface area (Å²) in [6.07, 6.45) is 1.30. The molecule has 2 aromatic carbocycles. The lowest BCUT2D eigenvalue weighted by molar-refractivity contribution is -0.127. The molecule has 1 heterocycles. The van der Waals surface area contributed by atoms with E-state index in [-0.39, 0.29) is 23.0 Å². The molecule has 168 valence electrons. The van der Waals surface area contributed by atoms with Gasteiger partial charge in [0.1, 0.15) is 11.0 Å². The molecule has 3 rings (SSSR count). The molecule has 32 heavy (non-hydrogen) atoms. The summed E-state index contributed by atoms with van der Waals surface area (Å²) in [6.45, 7) is 3.67. The van der Waals surface area contributed by atoms with Crippen molar-refractivity contribution in [3.05, 3.63) is 66.2 Å². The lowest BCUT2D eigenvalue weighted by Crippen LogP contribution is -2.33. The van der Waals surface area contributed by atoms with Gasteiger partial charge in [-0.2, -0.15) is 8.42 Å². The number of nitrogens with zero attached hydrogens (tertiary/aromatic N) is 2. The molecule has 0 aliphatic carbocycles. The van der Waals surface area contributed by atoms with Crippen LogP contribution in [0.15, 0.2) is 70.5 Å². The number of carbonyl (C=O) groups is 2. The number of amides is 2. The minimum Gasteiger partial charge on any atom is -0.497 e. The molecule has 0 unspecified atom stereocenters. The maximum absolute atomic E-state index is 12.8. The van der Waals surface area contributed by atoms with Crippen molar-refractivity contribution in [3.8, 4) is 5.75 Å². The third-order valence-corrected chi connectivity index (χ3v) is 7.19. The van der Waals surface area contributed by atoms with Crippen LogP contribution in [0.3, 0.4) is 0 Å². The first-order valence-corrected chi connectivity index (χ1v) is 12.1. The van der Waals surface area contributed by atoms with Crippen molar-refractivity contribution < 1.29 is 22.7 Å². The number of amidine groups is 1. The highest BCUT2D eigenvalue weighted by Crippen LogP contribution is 2.31. The second-order valence-corrected chi connectivity index (χ2v) is 9.84. The fourth-order valence-corrected chi connectivity index (χ4v) is 5.34. The van der Waals surface area contributed by atoms with Crippen LogP contribution in [0.4, 0.5) is 5.69 Å². The summed E-state index contributed by atoms with van der Waals surface area (Å²) < 4.78 is 34.3. The van der Waals surface area contributed by atoms with Crippen molar-refractivity contribution in [1.82, 2.24) is 4.90 Å². The predicted octanol–water partition coefficient (Wildman–Crippen LogP) is 3.55. The van der Waals surface area contributed by atoms with E-state index >= 15 is 0 Å². The minimum absolute atomic E-state index is 0.0102. The number of ether oxygens (including phenoxy) is 1. The summed E-state index contributed by atoms with van der Waals surface area (Å²) in [5, 5.41) is 2.27. The summed E-state index contributed by atoms with van der Waals surface area (Å²) >= 11 is 6.74. The number of methoxy groups -OCH3 is 1. The second kappa shape index (κ2) is 10.2. The van der Waals surface area contributed by atoms with Crippen LogP contribution in [-0.2, 0) is 19.6 Å². The molecule has 1 N–H and O–H groups in total. The van der Waals surface area contributed by atoms with Gasteiger partial charge in [-0.25, -0.2) is 0 Å². The number of nitrogens with one attached hydrogen (secondary N) is 1. The highest BCUT2D eigenvalue weighted by Gasteiger charge is 2.39. The number of rotatable bonds is 8. The first-order chi connectivity index (χ1) is 15.2. The molecule has 1 fully saturated rings. The van der Waals surface area contributed by atoms with Gasteiger partial charge in [-0.3, -0.25) is 14.5 Å². The van der Waals surface area contributed by atoms with E-state index in [0.717, 1.165) is 11.8 Å². The van der Waals surface area contributed by atoms with E-state index in [1.807, 2.05) is 0 Å². The molecule has 2 aromatic rings. The number of benzene rings is 2. The van der Waals surface area contributed by atoms with Crippen molar-refractivity contribution in [1.29, 1.82) is 0 Å². The molecule has 1 aliphatic rings. The normalized spacial score (nSPS) is 17.4. The number of anilines is 1. The Bertz CT molecular complexity index is 1170. The van der Waals surface area contributed by atoms with Crippen LogP contribution in [0.2, 0.25) is 5.02 Å². The maximum Gasteiger partial charge on any atom is 0.284 e. The Morgan fingerprint density at radius 1 is 1.31 bits per heavy atom. The first kappa shape index (κ1) is 23.8. The molecule has 0 bridgehead atoms. The summed E-state index contributed by atoms with van der Waals surface area (Å²) in [7, 11) is -2.56. The molecule has 1 saturated heterocycles. The van der Waals surface area contributed by atoms with Gasteiger partial charge in [-0.05, 0) is 36.4 Å². The predicted molar refractivity (Wildman–Crippen MR) is 126 cm³/mol. The van der Waals surface area contributed by atoms with E-state index in [2.05, 4.69) is 16.3 Å². The monoisotopic (exact) mass is 493 g/mol. The van der Waals surface area contributed by atoms with Gasteiger partial charge in [0.05, 0.1) is 12.0 Å². The van der Waals surface area contributed by atoms with Gasteiger partial charge in [0, 0.05) is 29.7 Å². The summed E-state index contributed by atoms with van der Waals surface area (Å²) in [5.41, 5.74) is 0.520. The Morgan fingerprint density at radius 3 is 2.69 bits per heavy atom. The highest BCUT2D eigenvalue weighted by molar-refractivity contribution is 8.16. The van der Waals surface area contributed by atoms with Gasteiger partial charge in [-0.1, -0.05) is 35.5 Å². The van der Waals surface area contributed by atoms with Gasteiger partial charge < -0.3 is 10.1 Å². The fourth-order valence-electron chi connectivity index (χ4n) is 2.85. The molecular formula is C21H20ClN3O5S2. The first-order valence-electron chi connectivity index (χ1n) is 9.37. The van der Waals surface area contributed by atoms with Crippen molar-refractivity contribution in [2.75, 3.05) is 19.0 Å². The standard InChI is InChI=1S/C21H20ClN3O5S2/c1-3-11-25-20(27)18(13-19(26)23-15-5-4-6-16(12-15)30-2)31-21(25)24-32(28,29)17-9-7-14(22)8-10-17/h3-10,12,18H,1,11,13H2,2H3,(H,23,26)/t18-/m1/s1. The van der Waals surface area contributed by atoms with Crippen molar-refractivity contribution in [3.63, 3.8) is 0 Å². The Morgan fingerprint density at radius 2 is 2.03 bits per heavy atom. The van der Waals surface area contributed by atoms with Crippen LogP contribution in [-0.4, -0.2) is 49.2 Å². The molecular weight excluding hydrogens is 474 g/mol. The van der Waals surface area contributed by atoms with E-state index < -0.39 is 27.1 Å². The van der Waals surface area contributed by atoms with Gasteiger partial charge in [-0.15, -0.1) is 11.0 Å². The molecule has 11 heteroatoms. The third kappa shape index (κ3) is 5.70. The summed E-state index contributed by atoms with van der Waals surface area (Å²) in [6, 6.07) is 12.4. The van der Waals surface area contributed by atoms with Crippen LogP contribution in [0, 0.1) is 0 Å². The molecule has 0 aromatic heterocycles. The largest absolute Gasteiger partial charge is 0.497 e. The van der Waals surface area contributed by atoms with E-state index in [4.69, 9.17) is 16.3 Å². The quantitative estimate of drug-likeness (QED) is 0.564. The average Bonchev–Trinajstić information content (AvgIpc) is 3.02. The number of thioether (sulfide) groups is 1. The molecule has 1 atom stereocenters. The number of hydrogen-bond acceptors (Lipinski definition) is 6. The van der Waals surface area contributed by atoms with E-state index in [0.29, 0.717) is 16.5 Å². The summed E-state index contributed by atoms with van der Waals surface area (Å²) in [4.78, 5) is 26.5. The molecule has 1 aliphatic heterocycles. The minimum atomic E-state index is -4.08. The Labute approximate surface area is 195 Å². The highest BCUT2D eigenvalue weighted by atomic mass is 35.5. The molecule has 8 nitrogen and oxygen atoms in total. The van der Waals surface area contributed by atoms with Gasteiger partial charge in [0.15, 0.2) is 5.17 Å². The molecule has 0 saturated carbocycles. The van der Waals surface area contributed by atoms with E-state index in [9.17, 15) is 18.0 Å². The number of hydrogen-bond donors (Lipinski definition) is 1. The Balaban J connectivity index is 1.78. The van der Waals surface area contributed by atoms with Crippen LogP contribution < -0.4 is 10.1 Å². The number of sulfonamides is 1. The van der Waals surface area contributed by atoms with Crippen molar-refractivity contribution in [2.45, 2.75) is 16.6 Å². The molecule has 0 radical (unpaired) electrons.